The van der Waals surface area contributed by atoms with Crippen LogP contribution in [0, 0.1) is 0 Å². The summed E-state index contributed by atoms with van der Waals surface area (Å²) in [5.41, 5.74) is -0.445. The van der Waals surface area contributed by atoms with E-state index in [1.807, 2.05) is 13.8 Å². The Morgan fingerprint density at radius 1 is 1.44 bits per heavy atom. The van der Waals surface area contributed by atoms with Crippen LogP contribution < -0.4 is 0 Å². The van der Waals surface area contributed by atoms with Crippen LogP contribution in [0.2, 0.25) is 0 Å². The summed E-state index contributed by atoms with van der Waals surface area (Å²) in [7, 11) is -3.11. The van der Waals surface area contributed by atoms with Gasteiger partial charge in [-0.05, 0) is 26.7 Å². The van der Waals surface area contributed by atoms with Gasteiger partial charge in [-0.1, -0.05) is 0 Å². The zero-order chi connectivity index (χ0) is 12.0. The van der Waals surface area contributed by atoms with Crippen molar-refractivity contribution in [3.8, 4) is 0 Å². The van der Waals surface area contributed by atoms with Crippen molar-refractivity contribution < 1.29 is 13.2 Å². The van der Waals surface area contributed by atoms with Crippen molar-refractivity contribution in [2.45, 2.75) is 43.6 Å². The highest BCUT2D eigenvalue weighted by atomic mass is 35.5. The molecular formula is C10H18ClNO3S. The number of morpholine rings is 1. The summed E-state index contributed by atoms with van der Waals surface area (Å²) in [4.78, 5) is 0. The molecule has 0 aromatic carbocycles. The van der Waals surface area contributed by atoms with Crippen molar-refractivity contribution in [1.82, 2.24) is 4.31 Å². The van der Waals surface area contributed by atoms with Crippen molar-refractivity contribution in [2.75, 3.05) is 19.0 Å². The lowest BCUT2D eigenvalue weighted by Crippen LogP contribution is -2.55. The lowest BCUT2D eigenvalue weighted by atomic mass is 10.1. The van der Waals surface area contributed by atoms with Crippen molar-refractivity contribution in [1.29, 1.82) is 0 Å². The van der Waals surface area contributed by atoms with E-state index >= 15 is 0 Å². The van der Waals surface area contributed by atoms with Gasteiger partial charge in [0.05, 0.1) is 17.0 Å². The van der Waals surface area contributed by atoms with E-state index in [0.29, 0.717) is 19.0 Å². The van der Waals surface area contributed by atoms with Crippen LogP contribution in [0.15, 0.2) is 0 Å². The first kappa shape index (κ1) is 12.6. The van der Waals surface area contributed by atoms with Gasteiger partial charge in [0, 0.05) is 19.0 Å². The Balaban J connectivity index is 2.15. The minimum Gasteiger partial charge on any atom is -0.368 e. The maximum absolute atomic E-state index is 12.1. The third-order valence-corrected chi connectivity index (χ3v) is 5.58. The molecular weight excluding hydrogens is 250 g/mol. The molecule has 2 aliphatic rings. The maximum Gasteiger partial charge on any atom is 0.217 e. The van der Waals surface area contributed by atoms with E-state index in [4.69, 9.17) is 16.3 Å². The largest absolute Gasteiger partial charge is 0.368 e. The average Bonchev–Trinajstić information content (AvgIpc) is 2.98. The number of alkyl halides is 1. The SMILES string of the molecule is CC1(C)CN(S(=O)(=O)C2CC2)CC(CCl)O1. The maximum atomic E-state index is 12.1. The van der Waals surface area contributed by atoms with E-state index in [9.17, 15) is 8.42 Å². The second-order valence-electron chi connectivity index (χ2n) is 5.19. The molecule has 1 saturated carbocycles. The fourth-order valence-electron chi connectivity index (χ4n) is 2.09. The summed E-state index contributed by atoms with van der Waals surface area (Å²) in [6.45, 7) is 4.63. The average molecular weight is 268 g/mol. The quantitative estimate of drug-likeness (QED) is 0.722. The van der Waals surface area contributed by atoms with Gasteiger partial charge in [0.1, 0.15) is 0 Å². The van der Waals surface area contributed by atoms with Crippen LogP contribution in [0.4, 0.5) is 0 Å². The lowest BCUT2D eigenvalue weighted by Gasteiger charge is -2.41. The van der Waals surface area contributed by atoms with Gasteiger partial charge in [-0.2, -0.15) is 4.31 Å². The third kappa shape index (κ3) is 2.53. The van der Waals surface area contributed by atoms with Crippen molar-refractivity contribution in [3.63, 3.8) is 0 Å². The van der Waals surface area contributed by atoms with E-state index in [0.717, 1.165) is 12.8 Å². The molecule has 0 aromatic rings. The van der Waals surface area contributed by atoms with Crippen molar-refractivity contribution in [2.24, 2.45) is 0 Å². The molecule has 16 heavy (non-hydrogen) atoms. The van der Waals surface area contributed by atoms with Crippen LogP contribution in [-0.4, -0.2) is 48.6 Å². The molecule has 2 fully saturated rings. The van der Waals surface area contributed by atoms with Gasteiger partial charge in [-0.3, -0.25) is 0 Å². The summed E-state index contributed by atoms with van der Waals surface area (Å²) in [5, 5.41) is -0.155. The van der Waals surface area contributed by atoms with Crippen molar-refractivity contribution in [3.05, 3.63) is 0 Å². The molecule has 0 spiro atoms. The molecule has 1 heterocycles. The van der Waals surface area contributed by atoms with Gasteiger partial charge in [0.2, 0.25) is 10.0 Å². The Morgan fingerprint density at radius 3 is 2.56 bits per heavy atom. The standard InChI is InChI=1S/C10H18ClNO3S/c1-10(2)7-12(6-8(5-11)15-10)16(13,14)9-3-4-9/h8-9H,3-7H2,1-2H3. The van der Waals surface area contributed by atoms with E-state index < -0.39 is 15.6 Å². The molecule has 1 atom stereocenters. The highest BCUT2D eigenvalue weighted by Gasteiger charge is 2.45. The van der Waals surface area contributed by atoms with E-state index in [1.54, 1.807) is 4.31 Å². The smallest absolute Gasteiger partial charge is 0.217 e. The second kappa shape index (κ2) is 4.12. The monoisotopic (exact) mass is 267 g/mol. The third-order valence-electron chi connectivity index (χ3n) is 2.93. The molecule has 1 aliphatic heterocycles. The Labute approximate surface area is 102 Å². The number of rotatable bonds is 3. The summed E-state index contributed by atoms with van der Waals surface area (Å²) in [5.74, 6) is 0.333. The zero-order valence-electron chi connectivity index (χ0n) is 9.65. The van der Waals surface area contributed by atoms with Gasteiger partial charge >= 0.3 is 0 Å². The molecule has 4 nitrogen and oxygen atoms in total. The molecule has 0 aromatic heterocycles. The molecule has 94 valence electrons. The molecule has 0 bridgehead atoms. The van der Waals surface area contributed by atoms with E-state index in [1.165, 1.54) is 0 Å². The molecule has 1 saturated heterocycles. The van der Waals surface area contributed by atoms with Gasteiger partial charge < -0.3 is 4.74 Å². The van der Waals surface area contributed by atoms with Crippen LogP contribution in [0.5, 0.6) is 0 Å². The van der Waals surface area contributed by atoms with E-state index in [2.05, 4.69) is 0 Å². The molecule has 0 amide bonds. The Morgan fingerprint density at radius 2 is 2.06 bits per heavy atom. The topological polar surface area (TPSA) is 46.6 Å². The first-order valence-electron chi connectivity index (χ1n) is 5.58. The predicted molar refractivity (Wildman–Crippen MR) is 63.2 cm³/mol. The number of ether oxygens (including phenoxy) is 1. The first-order chi connectivity index (χ1) is 7.35. The van der Waals surface area contributed by atoms with Gasteiger partial charge in [0.25, 0.3) is 0 Å². The summed E-state index contributed by atoms with van der Waals surface area (Å²) in [6.07, 6.45) is 1.40. The number of hydrogen-bond acceptors (Lipinski definition) is 3. The molecule has 0 radical (unpaired) electrons. The summed E-state index contributed by atoms with van der Waals surface area (Å²) in [6, 6.07) is 0. The van der Waals surface area contributed by atoms with Crippen LogP contribution in [0.3, 0.4) is 0 Å². The molecule has 2 rings (SSSR count). The minimum absolute atomic E-state index is 0.155. The van der Waals surface area contributed by atoms with Gasteiger partial charge in [-0.15, -0.1) is 11.6 Å². The number of nitrogens with zero attached hydrogens (tertiary/aromatic N) is 1. The van der Waals surface area contributed by atoms with Crippen molar-refractivity contribution >= 4 is 21.6 Å². The summed E-state index contributed by atoms with van der Waals surface area (Å²) < 4.78 is 31.5. The number of hydrogen-bond donors (Lipinski definition) is 0. The fourth-order valence-corrected chi connectivity index (χ4v) is 4.27. The molecule has 0 N–H and O–H groups in total. The normalized spacial score (nSPS) is 31.6. The molecule has 1 unspecified atom stereocenters. The van der Waals surface area contributed by atoms with E-state index in [-0.39, 0.29) is 11.4 Å². The zero-order valence-corrected chi connectivity index (χ0v) is 11.2. The Hall–Kier alpha value is 0.160. The highest BCUT2D eigenvalue weighted by molar-refractivity contribution is 7.90. The Kier molecular flexibility index (Phi) is 3.25. The highest BCUT2D eigenvalue weighted by Crippen LogP contribution is 2.34. The summed E-state index contributed by atoms with van der Waals surface area (Å²) >= 11 is 5.77. The fraction of sp³-hybridized carbons (Fsp3) is 1.00. The van der Waals surface area contributed by atoms with Crippen LogP contribution >= 0.6 is 11.6 Å². The molecule has 6 heteroatoms. The lowest BCUT2D eigenvalue weighted by molar-refractivity contribution is -0.107. The minimum atomic E-state index is -3.11. The first-order valence-corrected chi connectivity index (χ1v) is 7.62. The molecule has 1 aliphatic carbocycles. The van der Waals surface area contributed by atoms with Crippen LogP contribution in [-0.2, 0) is 14.8 Å². The van der Waals surface area contributed by atoms with Crippen LogP contribution in [0.25, 0.3) is 0 Å². The number of halogens is 1. The predicted octanol–water partition coefficient (Wildman–Crippen LogP) is 1.20. The van der Waals surface area contributed by atoms with Gasteiger partial charge in [0.15, 0.2) is 0 Å². The Bertz CT molecular complexity index is 364. The van der Waals surface area contributed by atoms with Crippen LogP contribution in [0.1, 0.15) is 26.7 Å². The number of sulfonamides is 1. The second-order valence-corrected chi connectivity index (χ2v) is 7.71. The van der Waals surface area contributed by atoms with Gasteiger partial charge in [-0.25, -0.2) is 8.42 Å².